The summed E-state index contributed by atoms with van der Waals surface area (Å²) < 4.78 is 16.9. The van der Waals surface area contributed by atoms with Crippen LogP contribution in [-0.4, -0.2) is 37.2 Å². The summed E-state index contributed by atoms with van der Waals surface area (Å²) in [6, 6.07) is 0. The van der Waals surface area contributed by atoms with E-state index in [1.165, 1.54) is 128 Å². The van der Waals surface area contributed by atoms with E-state index in [2.05, 4.69) is 142 Å². The SMILES string of the molecule is CC/C=C\C/C=C\C/C=C\C/C=C\C/C=C\C/C=C\CCCCC(=O)OC(COC(=O)CCCC/C=C\C/C=C\C/C=C\C/C=C\CC)COC(=O)CCCCCCCCCCCCCCCCCCCCCCCCC. The quantitative estimate of drug-likeness (QED) is 0.0261. The summed E-state index contributed by atoms with van der Waals surface area (Å²) in [5.74, 6) is -0.991. The lowest BCUT2D eigenvalue weighted by molar-refractivity contribution is -0.167. The Balaban J connectivity index is 4.45. The van der Waals surface area contributed by atoms with Gasteiger partial charge in [-0.1, -0.05) is 284 Å². The zero-order chi connectivity index (χ0) is 55.7. The molecule has 1 atom stereocenters. The first kappa shape index (κ1) is 72.8. The molecule has 77 heavy (non-hydrogen) atoms. The van der Waals surface area contributed by atoms with Gasteiger partial charge in [0.1, 0.15) is 13.2 Å². The third kappa shape index (κ3) is 62.5. The Kier molecular flexibility index (Phi) is 60.8. The molecule has 0 rings (SSSR count). The molecule has 0 heterocycles. The van der Waals surface area contributed by atoms with Gasteiger partial charge in [0.2, 0.25) is 0 Å². The van der Waals surface area contributed by atoms with Gasteiger partial charge in [0.25, 0.3) is 0 Å². The van der Waals surface area contributed by atoms with Crippen LogP contribution in [0.3, 0.4) is 0 Å². The second-order valence-corrected chi connectivity index (χ2v) is 20.9. The number of carbonyl (C=O) groups excluding carboxylic acids is 3. The lowest BCUT2D eigenvalue weighted by Crippen LogP contribution is -2.30. The van der Waals surface area contributed by atoms with Gasteiger partial charge in [-0.15, -0.1) is 0 Å². The van der Waals surface area contributed by atoms with Crippen LogP contribution in [0.4, 0.5) is 0 Å². The first-order valence-electron chi connectivity index (χ1n) is 32.0. The van der Waals surface area contributed by atoms with Crippen molar-refractivity contribution in [2.45, 2.75) is 297 Å². The number of unbranched alkanes of at least 4 members (excludes halogenated alkanes) is 26. The molecule has 1 unspecified atom stereocenters. The van der Waals surface area contributed by atoms with E-state index in [9.17, 15) is 14.4 Å². The number of hydrogen-bond acceptors (Lipinski definition) is 6. The Labute approximate surface area is 475 Å². The molecule has 0 radical (unpaired) electrons. The summed E-state index contributed by atoms with van der Waals surface area (Å²) in [6.07, 6.45) is 89.3. The fraction of sp³-hybridized carbons (Fsp3) is 0.676. The molecular weight excluding hydrogens is 949 g/mol. The Morgan fingerprint density at radius 2 is 0.506 bits per heavy atom. The first-order valence-corrected chi connectivity index (χ1v) is 32.0. The van der Waals surface area contributed by atoms with Gasteiger partial charge in [0, 0.05) is 19.3 Å². The Bertz CT molecular complexity index is 1600. The van der Waals surface area contributed by atoms with Crippen LogP contribution in [0.25, 0.3) is 0 Å². The lowest BCUT2D eigenvalue weighted by Gasteiger charge is -2.18. The second-order valence-electron chi connectivity index (χ2n) is 20.9. The highest BCUT2D eigenvalue weighted by molar-refractivity contribution is 5.71. The fourth-order valence-corrected chi connectivity index (χ4v) is 8.73. The number of hydrogen-bond donors (Lipinski definition) is 0. The molecule has 0 aromatic rings. The van der Waals surface area contributed by atoms with Crippen molar-refractivity contribution in [3.05, 3.63) is 122 Å². The van der Waals surface area contributed by atoms with Crippen molar-refractivity contribution >= 4 is 17.9 Å². The maximum absolute atomic E-state index is 12.9. The smallest absolute Gasteiger partial charge is 0.306 e. The summed E-state index contributed by atoms with van der Waals surface area (Å²) in [6.45, 7) is 6.36. The Hall–Kier alpha value is -4.19. The van der Waals surface area contributed by atoms with Crippen LogP contribution in [-0.2, 0) is 28.6 Å². The second kappa shape index (κ2) is 64.3. The summed E-state index contributed by atoms with van der Waals surface area (Å²) >= 11 is 0. The topological polar surface area (TPSA) is 78.9 Å². The molecule has 0 N–H and O–H groups in total. The van der Waals surface area contributed by atoms with Gasteiger partial charge in [0.15, 0.2) is 6.10 Å². The molecule has 0 aliphatic carbocycles. The minimum atomic E-state index is -0.822. The van der Waals surface area contributed by atoms with Gasteiger partial charge >= 0.3 is 17.9 Å². The van der Waals surface area contributed by atoms with Crippen LogP contribution in [0.1, 0.15) is 290 Å². The third-order valence-corrected chi connectivity index (χ3v) is 13.5. The molecule has 6 nitrogen and oxygen atoms in total. The predicted molar refractivity (Wildman–Crippen MR) is 334 cm³/mol. The molecule has 0 aliphatic rings. The van der Waals surface area contributed by atoms with Crippen molar-refractivity contribution in [3.8, 4) is 0 Å². The summed E-state index contributed by atoms with van der Waals surface area (Å²) in [5, 5.41) is 0. The van der Waals surface area contributed by atoms with Gasteiger partial charge in [-0.05, 0) is 109 Å². The van der Waals surface area contributed by atoms with E-state index in [4.69, 9.17) is 14.2 Å². The van der Waals surface area contributed by atoms with Crippen LogP contribution in [0.2, 0.25) is 0 Å². The average molecular weight is 1070 g/mol. The van der Waals surface area contributed by atoms with Gasteiger partial charge in [-0.2, -0.15) is 0 Å². The molecule has 0 fully saturated rings. The van der Waals surface area contributed by atoms with E-state index in [0.717, 1.165) is 109 Å². The van der Waals surface area contributed by atoms with Crippen molar-refractivity contribution in [2.24, 2.45) is 0 Å². The van der Waals surface area contributed by atoms with Gasteiger partial charge < -0.3 is 14.2 Å². The van der Waals surface area contributed by atoms with E-state index in [1.54, 1.807) is 0 Å². The number of esters is 3. The monoisotopic (exact) mass is 1070 g/mol. The molecule has 0 spiro atoms. The molecule has 0 aliphatic heterocycles. The van der Waals surface area contributed by atoms with E-state index in [0.29, 0.717) is 25.7 Å². The number of ether oxygens (including phenoxy) is 3. The minimum absolute atomic E-state index is 0.110. The fourth-order valence-electron chi connectivity index (χ4n) is 8.73. The molecule has 0 saturated carbocycles. The van der Waals surface area contributed by atoms with Gasteiger partial charge in [-0.25, -0.2) is 0 Å². The predicted octanol–water partition coefficient (Wildman–Crippen LogP) is 22.0. The van der Waals surface area contributed by atoms with E-state index in [1.807, 2.05) is 0 Å². The third-order valence-electron chi connectivity index (χ3n) is 13.5. The zero-order valence-corrected chi connectivity index (χ0v) is 50.2. The number of rotatable bonds is 57. The Morgan fingerprint density at radius 3 is 0.792 bits per heavy atom. The first-order chi connectivity index (χ1) is 38.0. The molecule has 6 heteroatoms. The van der Waals surface area contributed by atoms with Gasteiger partial charge in [0.05, 0.1) is 0 Å². The summed E-state index contributed by atoms with van der Waals surface area (Å²) in [4.78, 5) is 38.3. The number of allylic oxidation sites excluding steroid dienone is 20. The highest BCUT2D eigenvalue weighted by Crippen LogP contribution is 2.17. The van der Waals surface area contributed by atoms with E-state index in [-0.39, 0.29) is 37.5 Å². The van der Waals surface area contributed by atoms with Crippen molar-refractivity contribution in [1.82, 2.24) is 0 Å². The highest BCUT2D eigenvalue weighted by Gasteiger charge is 2.19. The van der Waals surface area contributed by atoms with Crippen LogP contribution >= 0.6 is 0 Å². The van der Waals surface area contributed by atoms with Crippen LogP contribution in [0.15, 0.2) is 122 Å². The van der Waals surface area contributed by atoms with Crippen LogP contribution < -0.4 is 0 Å². The largest absolute Gasteiger partial charge is 0.462 e. The highest BCUT2D eigenvalue weighted by atomic mass is 16.6. The molecule has 0 amide bonds. The summed E-state index contributed by atoms with van der Waals surface area (Å²) in [5.41, 5.74) is 0. The standard InChI is InChI=1S/C71H118O6/c1-4-7-10-13-16-19-22-25-28-30-32-34-35-37-38-40-43-46-49-52-55-58-61-64-70(73)76-67-68(66-75-69(72)63-60-57-54-51-48-45-42-27-24-21-18-15-12-9-6-3)77-71(74)65-62-59-56-53-50-47-44-41-39-36-33-31-29-26-23-20-17-14-11-8-5-2/h8-9,11-12,17-18,20-21,26-27,29,33,36,41-42,44,48,50-51,53,68H,4-7,10,13-16,19,22-25,28,30-32,34-35,37-40,43,45-47,49,52,54-67H2,1-3H3/b11-8-,12-9-,20-17-,21-18-,29-26-,36-33-,42-27-,44-41-,51-48-,53-50-. The van der Waals surface area contributed by atoms with Gasteiger partial charge in [-0.3, -0.25) is 14.4 Å². The molecule has 0 saturated heterocycles. The van der Waals surface area contributed by atoms with Crippen LogP contribution in [0.5, 0.6) is 0 Å². The van der Waals surface area contributed by atoms with Crippen molar-refractivity contribution in [1.29, 1.82) is 0 Å². The summed E-state index contributed by atoms with van der Waals surface area (Å²) in [7, 11) is 0. The molecule has 0 aromatic carbocycles. The lowest BCUT2D eigenvalue weighted by atomic mass is 10.0. The molecular formula is C71H118O6. The zero-order valence-electron chi connectivity index (χ0n) is 50.2. The Morgan fingerprint density at radius 1 is 0.273 bits per heavy atom. The average Bonchev–Trinajstić information content (AvgIpc) is 3.43. The van der Waals surface area contributed by atoms with Crippen molar-refractivity contribution < 1.29 is 28.6 Å². The maximum Gasteiger partial charge on any atom is 0.306 e. The molecule has 0 bridgehead atoms. The minimum Gasteiger partial charge on any atom is -0.462 e. The van der Waals surface area contributed by atoms with Crippen LogP contribution in [0, 0.1) is 0 Å². The van der Waals surface area contributed by atoms with Crippen molar-refractivity contribution in [3.63, 3.8) is 0 Å². The molecule has 438 valence electrons. The van der Waals surface area contributed by atoms with E-state index < -0.39 is 6.10 Å². The number of carbonyl (C=O) groups is 3. The molecule has 0 aromatic heterocycles. The van der Waals surface area contributed by atoms with Crippen molar-refractivity contribution in [2.75, 3.05) is 13.2 Å². The normalized spacial score (nSPS) is 12.9. The van der Waals surface area contributed by atoms with E-state index >= 15 is 0 Å². The maximum atomic E-state index is 12.9.